The van der Waals surface area contributed by atoms with Gasteiger partial charge in [0.2, 0.25) is 5.91 Å². The molecule has 1 N–H and O–H groups in total. The summed E-state index contributed by atoms with van der Waals surface area (Å²) >= 11 is 0. The molecule has 3 rings (SSSR count). The monoisotopic (exact) mass is 292 g/mol. The van der Waals surface area contributed by atoms with E-state index in [1.807, 2.05) is 60.7 Å². The summed E-state index contributed by atoms with van der Waals surface area (Å²) in [5.41, 5.74) is 1.85. The number of nitrogens with one attached hydrogen (secondary N) is 1. The van der Waals surface area contributed by atoms with Crippen LogP contribution in [-0.2, 0) is 4.79 Å². The van der Waals surface area contributed by atoms with Gasteiger partial charge in [-0.2, -0.15) is 0 Å². The van der Waals surface area contributed by atoms with Crippen LogP contribution in [0.25, 0.3) is 0 Å². The molecule has 1 heterocycles. The molecule has 0 unspecified atom stereocenters. The standard InChI is InChI=1S/C18H16N2O2/c1-13-12-19-18(22-13)20-17(21)16(14-8-4-2-5-9-14)15-10-6-3-7-11-15/h2-12,16H,1H3,(H,19,20,21). The number of anilines is 1. The number of aromatic nitrogens is 1. The van der Waals surface area contributed by atoms with Crippen LogP contribution in [0.2, 0.25) is 0 Å². The molecule has 22 heavy (non-hydrogen) atoms. The van der Waals surface area contributed by atoms with E-state index >= 15 is 0 Å². The van der Waals surface area contributed by atoms with Crippen LogP contribution in [0, 0.1) is 6.92 Å². The largest absolute Gasteiger partial charge is 0.429 e. The van der Waals surface area contributed by atoms with E-state index in [9.17, 15) is 4.79 Å². The zero-order chi connectivity index (χ0) is 15.4. The lowest BCUT2D eigenvalue weighted by Crippen LogP contribution is -2.22. The normalized spacial score (nSPS) is 10.6. The van der Waals surface area contributed by atoms with Crippen LogP contribution < -0.4 is 5.32 Å². The van der Waals surface area contributed by atoms with Crippen molar-refractivity contribution in [1.29, 1.82) is 0 Å². The molecule has 0 saturated heterocycles. The Morgan fingerprint density at radius 2 is 1.55 bits per heavy atom. The number of aryl methyl sites for hydroxylation is 1. The molecular formula is C18H16N2O2. The SMILES string of the molecule is Cc1cnc(NC(=O)C(c2ccccc2)c2ccccc2)o1. The van der Waals surface area contributed by atoms with Gasteiger partial charge in [-0.3, -0.25) is 10.1 Å². The summed E-state index contributed by atoms with van der Waals surface area (Å²) in [6.07, 6.45) is 1.58. The van der Waals surface area contributed by atoms with Crippen LogP contribution >= 0.6 is 0 Å². The van der Waals surface area contributed by atoms with Crippen LogP contribution in [0.1, 0.15) is 22.8 Å². The van der Waals surface area contributed by atoms with E-state index in [-0.39, 0.29) is 11.9 Å². The first-order valence-electron chi connectivity index (χ1n) is 7.07. The van der Waals surface area contributed by atoms with Gasteiger partial charge in [0.15, 0.2) is 0 Å². The molecule has 0 atom stereocenters. The molecule has 0 aliphatic rings. The lowest BCUT2D eigenvalue weighted by atomic mass is 9.90. The van der Waals surface area contributed by atoms with Crippen LogP contribution in [0.3, 0.4) is 0 Å². The number of nitrogens with zero attached hydrogens (tertiary/aromatic N) is 1. The molecule has 1 aromatic heterocycles. The van der Waals surface area contributed by atoms with Crippen molar-refractivity contribution >= 4 is 11.9 Å². The summed E-state index contributed by atoms with van der Waals surface area (Å²) in [5.74, 6) is 0.0835. The van der Waals surface area contributed by atoms with Crippen molar-refractivity contribution in [2.45, 2.75) is 12.8 Å². The zero-order valence-corrected chi connectivity index (χ0v) is 12.2. The van der Waals surface area contributed by atoms with Gasteiger partial charge in [0.1, 0.15) is 5.76 Å². The van der Waals surface area contributed by atoms with Gasteiger partial charge in [-0.1, -0.05) is 60.7 Å². The van der Waals surface area contributed by atoms with Gasteiger partial charge in [-0.05, 0) is 18.1 Å². The number of oxazole rings is 1. The Balaban J connectivity index is 1.93. The fourth-order valence-corrected chi connectivity index (χ4v) is 2.38. The van der Waals surface area contributed by atoms with E-state index in [4.69, 9.17) is 4.42 Å². The molecule has 0 aliphatic carbocycles. The molecule has 0 bridgehead atoms. The molecule has 4 heteroatoms. The highest BCUT2D eigenvalue weighted by atomic mass is 16.4. The summed E-state index contributed by atoms with van der Waals surface area (Å²) in [4.78, 5) is 16.7. The van der Waals surface area contributed by atoms with Crippen molar-refractivity contribution in [2.75, 3.05) is 5.32 Å². The van der Waals surface area contributed by atoms with Gasteiger partial charge in [-0.15, -0.1) is 0 Å². The number of hydrogen-bond donors (Lipinski definition) is 1. The summed E-state index contributed by atoms with van der Waals surface area (Å²) in [6.45, 7) is 1.79. The predicted molar refractivity (Wildman–Crippen MR) is 84.6 cm³/mol. The smallest absolute Gasteiger partial charge is 0.301 e. The second kappa shape index (κ2) is 6.26. The van der Waals surface area contributed by atoms with Crippen molar-refractivity contribution in [1.82, 2.24) is 4.98 Å². The summed E-state index contributed by atoms with van der Waals surface area (Å²) in [7, 11) is 0. The molecule has 2 aromatic carbocycles. The quantitative estimate of drug-likeness (QED) is 0.796. The minimum absolute atomic E-state index is 0.167. The number of amides is 1. The van der Waals surface area contributed by atoms with Crippen LogP contribution in [0.4, 0.5) is 6.01 Å². The third-order valence-corrected chi connectivity index (χ3v) is 3.38. The Labute approximate surface area is 128 Å². The second-order valence-corrected chi connectivity index (χ2v) is 5.02. The van der Waals surface area contributed by atoms with E-state index in [0.29, 0.717) is 5.76 Å². The van der Waals surface area contributed by atoms with Crippen LogP contribution in [0.5, 0.6) is 0 Å². The molecule has 4 nitrogen and oxygen atoms in total. The molecule has 1 amide bonds. The van der Waals surface area contributed by atoms with Gasteiger partial charge in [-0.25, -0.2) is 4.98 Å². The molecule has 0 radical (unpaired) electrons. The number of hydrogen-bond acceptors (Lipinski definition) is 3. The third kappa shape index (κ3) is 3.06. The van der Waals surface area contributed by atoms with E-state index in [1.54, 1.807) is 13.1 Å². The van der Waals surface area contributed by atoms with Crippen molar-refractivity contribution < 1.29 is 9.21 Å². The highest BCUT2D eigenvalue weighted by Crippen LogP contribution is 2.26. The maximum absolute atomic E-state index is 12.7. The Bertz CT molecular complexity index is 712. The van der Waals surface area contributed by atoms with Crippen LogP contribution in [0.15, 0.2) is 71.3 Å². The average molecular weight is 292 g/mol. The molecule has 0 saturated carbocycles. The Hall–Kier alpha value is -2.88. The molecule has 0 aliphatic heterocycles. The summed E-state index contributed by atoms with van der Waals surface area (Å²) in [5, 5.41) is 2.74. The molecule has 0 fully saturated rings. The maximum Gasteiger partial charge on any atom is 0.301 e. The molecule has 0 spiro atoms. The lowest BCUT2D eigenvalue weighted by molar-refractivity contribution is -0.116. The zero-order valence-electron chi connectivity index (χ0n) is 12.2. The first-order chi connectivity index (χ1) is 10.7. The highest BCUT2D eigenvalue weighted by molar-refractivity contribution is 5.96. The first-order valence-corrected chi connectivity index (χ1v) is 7.07. The van der Waals surface area contributed by atoms with E-state index in [0.717, 1.165) is 11.1 Å². The topological polar surface area (TPSA) is 55.1 Å². The Morgan fingerprint density at radius 3 is 2.00 bits per heavy atom. The average Bonchev–Trinajstić information content (AvgIpc) is 2.95. The maximum atomic E-state index is 12.7. The third-order valence-electron chi connectivity index (χ3n) is 3.38. The highest BCUT2D eigenvalue weighted by Gasteiger charge is 2.23. The van der Waals surface area contributed by atoms with Gasteiger partial charge in [0, 0.05) is 0 Å². The number of benzene rings is 2. The minimum atomic E-state index is -0.408. The molecular weight excluding hydrogens is 276 g/mol. The van der Waals surface area contributed by atoms with Gasteiger partial charge < -0.3 is 4.42 Å². The summed E-state index contributed by atoms with van der Waals surface area (Å²) < 4.78 is 5.33. The van der Waals surface area contributed by atoms with Gasteiger partial charge in [0.25, 0.3) is 0 Å². The van der Waals surface area contributed by atoms with E-state index in [2.05, 4.69) is 10.3 Å². The van der Waals surface area contributed by atoms with Crippen molar-refractivity contribution in [2.24, 2.45) is 0 Å². The second-order valence-electron chi connectivity index (χ2n) is 5.02. The number of carbonyl (C=O) groups is 1. The fraction of sp³-hybridized carbons (Fsp3) is 0.111. The van der Waals surface area contributed by atoms with Crippen molar-refractivity contribution in [3.63, 3.8) is 0 Å². The van der Waals surface area contributed by atoms with E-state index in [1.165, 1.54) is 0 Å². The van der Waals surface area contributed by atoms with E-state index < -0.39 is 5.92 Å². The fourth-order valence-electron chi connectivity index (χ4n) is 2.38. The Morgan fingerprint density at radius 1 is 1.00 bits per heavy atom. The predicted octanol–water partition coefficient (Wildman–Crippen LogP) is 3.75. The number of carbonyl (C=O) groups excluding carboxylic acids is 1. The lowest BCUT2D eigenvalue weighted by Gasteiger charge is -2.16. The van der Waals surface area contributed by atoms with Crippen molar-refractivity contribution in [3.8, 4) is 0 Å². The number of rotatable bonds is 4. The van der Waals surface area contributed by atoms with Gasteiger partial charge >= 0.3 is 6.01 Å². The van der Waals surface area contributed by atoms with Gasteiger partial charge in [0.05, 0.1) is 12.1 Å². The Kier molecular flexibility index (Phi) is 4.01. The minimum Gasteiger partial charge on any atom is -0.429 e. The summed E-state index contributed by atoms with van der Waals surface area (Å²) in [6, 6.07) is 19.6. The molecule has 110 valence electrons. The molecule has 3 aromatic rings. The van der Waals surface area contributed by atoms with Crippen LogP contribution in [-0.4, -0.2) is 10.9 Å². The van der Waals surface area contributed by atoms with Crippen molar-refractivity contribution in [3.05, 3.63) is 83.7 Å². The first kappa shape index (κ1) is 14.1.